The highest BCUT2D eigenvalue weighted by molar-refractivity contribution is 5.25. The van der Waals surface area contributed by atoms with E-state index in [0.29, 0.717) is 6.10 Å². The molecule has 3 aliphatic rings. The first-order chi connectivity index (χ1) is 14.7. The molecule has 2 atom stereocenters. The summed E-state index contributed by atoms with van der Waals surface area (Å²) in [4.78, 5) is 0. The number of ether oxygens (including phenoxy) is 1. The van der Waals surface area contributed by atoms with Crippen LogP contribution in [0, 0.1) is 30.6 Å². The predicted molar refractivity (Wildman–Crippen MR) is 128 cm³/mol. The van der Waals surface area contributed by atoms with Crippen molar-refractivity contribution in [2.24, 2.45) is 23.7 Å². The molecule has 4 rings (SSSR count). The van der Waals surface area contributed by atoms with E-state index >= 15 is 0 Å². The van der Waals surface area contributed by atoms with E-state index in [9.17, 15) is 0 Å². The number of allylic oxidation sites excluding steroid dienone is 1. The van der Waals surface area contributed by atoms with Crippen molar-refractivity contribution in [1.82, 2.24) is 0 Å². The van der Waals surface area contributed by atoms with Gasteiger partial charge < -0.3 is 4.74 Å². The van der Waals surface area contributed by atoms with Gasteiger partial charge >= 0.3 is 0 Å². The highest BCUT2D eigenvalue weighted by Gasteiger charge is 2.29. The van der Waals surface area contributed by atoms with E-state index in [4.69, 9.17) is 4.74 Å². The molecule has 1 aromatic rings. The zero-order chi connectivity index (χ0) is 20.8. The molecule has 0 spiro atoms. The van der Waals surface area contributed by atoms with Gasteiger partial charge in [-0.05, 0) is 93.4 Å². The van der Waals surface area contributed by atoms with Crippen molar-refractivity contribution in [2.45, 2.75) is 103 Å². The molecular formula is C29H44O. The number of hydrogen-bond acceptors (Lipinski definition) is 1. The quantitative estimate of drug-likeness (QED) is 0.413. The third kappa shape index (κ3) is 6.00. The van der Waals surface area contributed by atoms with E-state index in [1.807, 2.05) is 0 Å². The van der Waals surface area contributed by atoms with Gasteiger partial charge in [-0.15, -0.1) is 0 Å². The third-order valence-electron chi connectivity index (χ3n) is 8.49. The molecule has 166 valence electrons. The lowest BCUT2D eigenvalue weighted by Crippen LogP contribution is -2.26. The van der Waals surface area contributed by atoms with Gasteiger partial charge in [0.1, 0.15) is 0 Å². The summed E-state index contributed by atoms with van der Waals surface area (Å²) < 4.78 is 6.35. The van der Waals surface area contributed by atoms with Gasteiger partial charge in [0.25, 0.3) is 0 Å². The van der Waals surface area contributed by atoms with Crippen LogP contribution in [0.2, 0.25) is 0 Å². The summed E-state index contributed by atoms with van der Waals surface area (Å²) in [6, 6.07) is 9.28. The Labute approximate surface area is 185 Å². The number of aryl methyl sites for hydroxylation is 1. The molecule has 0 saturated heterocycles. The van der Waals surface area contributed by atoms with Crippen LogP contribution in [0.25, 0.3) is 0 Å². The minimum Gasteiger partial charge on any atom is -0.374 e. The molecule has 2 unspecified atom stereocenters. The summed E-state index contributed by atoms with van der Waals surface area (Å²) in [7, 11) is 0. The first-order valence-corrected chi connectivity index (χ1v) is 13.1. The van der Waals surface area contributed by atoms with Gasteiger partial charge in [0.15, 0.2) is 0 Å². The Balaban J connectivity index is 1.16. The van der Waals surface area contributed by atoms with Crippen LogP contribution in [0.15, 0.2) is 36.4 Å². The average Bonchev–Trinajstić information content (AvgIpc) is 2.80. The summed E-state index contributed by atoms with van der Waals surface area (Å²) in [5.74, 6) is 4.31. The Kier molecular flexibility index (Phi) is 8.10. The van der Waals surface area contributed by atoms with Crippen LogP contribution in [0.3, 0.4) is 0 Å². The molecule has 2 saturated carbocycles. The van der Waals surface area contributed by atoms with Crippen molar-refractivity contribution in [3.8, 4) is 0 Å². The second-order valence-corrected chi connectivity index (χ2v) is 10.7. The molecule has 0 amide bonds. The summed E-state index contributed by atoms with van der Waals surface area (Å²) in [5.41, 5.74) is 2.94. The van der Waals surface area contributed by atoms with Gasteiger partial charge in [-0.3, -0.25) is 0 Å². The highest BCUT2D eigenvalue weighted by atomic mass is 16.5. The summed E-state index contributed by atoms with van der Waals surface area (Å²) >= 11 is 0. The number of hydrogen-bond donors (Lipinski definition) is 0. The van der Waals surface area contributed by atoms with Crippen molar-refractivity contribution in [3.63, 3.8) is 0 Å². The standard InChI is InChI=1S/C29H44O/c1-3-4-23-7-9-24(10-8-23)21-30-29-19-17-28(18-20-29)27-15-13-26(14-16-27)25-11-5-22(2)6-12-25/h5-6,11-12,17,19,23-24,26-29H,3-4,7-10,13-16,18,20-21H2,1-2H3. The lowest BCUT2D eigenvalue weighted by atomic mass is 9.71. The number of rotatable bonds is 7. The van der Waals surface area contributed by atoms with Crippen LogP contribution < -0.4 is 0 Å². The maximum atomic E-state index is 6.35. The molecule has 0 radical (unpaired) electrons. The molecule has 1 heteroatoms. The van der Waals surface area contributed by atoms with Gasteiger partial charge in [0.2, 0.25) is 0 Å². The normalized spacial score (nSPS) is 34.7. The fourth-order valence-corrected chi connectivity index (χ4v) is 6.42. The van der Waals surface area contributed by atoms with Crippen LogP contribution in [-0.2, 0) is 4.74 Å². The summed E-state index contributed by atoms with van der Waals surface area (Å²) in [5, 5.41) is 0. The van der Waals surface area contributed by atoms with Crippen LogP contribution in [0.5, 0.6) is 0 Å². The van der Waals surface area contributed by atoms with E-state index < -0.39 is 0 Å². The smallest absolute Gasteiger partial charge is 0.0756 e. The van der Waals surface area contributed by atoms with Gasteiger partial charge in [0.05, 0.1) is 12.7 Å². The van der Waals surface area contributed by atoms with Crippen LogP contribution in [0.1, 0.15) is 101 Å². The minimum atomic E-state index is 0.388. The van der Waals surface area contributed by atoms with E-state index in [1.165, 1.54) is 82.6 Å². The Hall–Kier alpha value is -1.08. The molecule has 30 heavy (non-hydrogen) atoms. The Morgan fingerprint density at radius 2 is 1.47 bits per heavy atom. The summed E-state index contributed by atoms with van der Waals surface area (Å²) in [6.45, 7) is 5.51. The third-order valence-corrected chi connectivity index (χ3v) is 8.49. The largest absolute Gasteiger partial charge is 0.374 e. The minimum absolute atomic E-state index is 0.388. The highest BCUT2D eigenvalue weighted by Crippen LogP contribution is 2.41. The van der Waals surface area contributed by atoms with Crippen LogP contribution in [-0.4, -0.2) is 12.7 Å². The molecule has 3 aliphatic carbocycles. The van der Waals surface area contributed by atoms with E-state index in [-0.39, 0.29) is 0 Å². The first kappa shape index (κ1) is 22.1. The molecule has 0 aromatic heterocycles. The second-order valence-electron chi connectivity index (χ2n) is 10.7. The molecule has 0 heterocycles. The van der Waals surface area contributed by atoms with Crippen molar-refractivity contribution in [2.75, 3.05) is 6.61 Å². The van der Waals surface area contributed by atoms with E-state index in [0.717, 1.165) is 36.2 Å². The fourth-order valence-electron chi connectivity index (χ4n) is 6.42. The fraction of sp³-hybridized carbons (Fsp3) is 0.724. The van der Waals surface area contributed by atoms with Crippen LogP contribution in [0.4, 0.5) is 0 Å². The topological polar surface area (TPSA) is 9.23 Å². The lowest BCUT2D eigenvalue weighted by molar-refractivity contribution is 0.0290. The van der Waals surface area contributed by atoms with E-state index in [2.05, 4.69) is 50.3 Å². The zero-order valence-corrected chi connectivity index (χ0v) is 19.5. The zero-order valence-electron chi connectivity index (χ0n) is 19.5. The van der Waals surface area contributed by atoms with Crippen LogP contribution >= 0.6 is 0 Å². The first-order valence-electron chi connectivity index (χ1n) is 13.1. The van der Waals surface area contributed by atoms with Crippen molar-refractivity contribution in [1.29, 1.82) is 0 Å². The Morgan fingerprint density at radius 1 is 0.767 bits per heavy atom. The Bertz CT molecular complexity index is 643. The van der Waals surface area contributed by atoms with Crippen molar-refractivity contribution < 1.29 is 4.74 Å². The second kappa shape index (κ2) is 11.0. The predicted octanol–water partition coefficient (Wildman–Crippen LogP) is 8.23. The monoisotopic (exact) mass is 408 g/mol. The van der Waals surface area contributed by atoms with E-state index in [1.54, 1.807) is 5.56 Å². The maximum Gasteiger partial charge on any atom is 0.0756 e. The molecule has 0 N–H and O–H groups in total. The van der Waals surface area contributed by atoms with Crippen molar-refractivity contribution >= 4 is 0 Å². The molecule has 0 bridgehead atoms. The van der Waals surface area contributed by atoms with Gasteiger partial charge in [-0.25, -0.2) is 0 Å². The molecule has 2 fully saturated rings. The molecular weight excluding hydrogens is 364 g/mol. The molecule has 1 aromatic carbocycles. The van der Waals surface area contributed by atoms with Gasteiger partial charge in [-0.1, -0.05) is 74.6 Å². The van der Waals surface area contributed by atoms with Gasteiger partial charge in [-0.2, -0.15) is 0 Å². The average molecular weight is 409 g/mol. The molecule has 0 aliphatic heterocycles. The number of benzene rings is 1. The SMILES string of the molecule is CCCC1CCC(COC2C=CC(C3CCC(c4ccc(C)cc4)CC3)CC2)CC1. The Morgan fingerprint density at radius 3 is 2.10 bits per heavy atom. The van der Waals surface area contributed by atoms with Crippen molar-refractivity contribution in [3.05, 3.63) is 47.5 Å². The lowest BCUT2D eigenvalue weighted by Gasteiger charge is -2.35. The van der Waals surface area contributed by atoms with Gasteiger partial charge in [0, 0.05) is 0 Å². The maximum absolute atomic E-state index is 6.35. The summed E-state index contributed by atoms with van der Waals surface area (Å²) in [6.07, 6.45) is 21.9. The molecule has 1 nitrogen and oxygen atoms in total.